The van der Waals surface area contributed by atoms with Gasteiger partial charge in [-0.1, -0.05) is 44.2 Å². The molecule has 1 aromatic rings. The molecule has 0 amide bonds. The minimum atomic E-state index is -0.973. The minimum absolute atomic E-state index is 0.215. The molecular weight excluding hydrogens is 378 g/mol. The second-order valence-electron chi connectivity index (χ2n) is 9.67. The zero-order valence-electron chi connectivity index (χ0n) is 18.1. The summed E-state index contributed by atoms with van der Waals surface area (Å²) in [6.07, 6.45) is 2.35. The third kappa shape index (κ3) is 2.88. The molecular formula is C24H33N3O3. The van der Waals surface area contributed by atoms with E-state index in [-0.39, 0.29) is 22.3 Å². The highest BCUT2D eigenvalue weighted by molar-refractivity contribution is 5.90. The zero-order valence-corrected chi connectivity index (χ0v) is 18.1. The van der Waals surface area contributed by atoms with E-state index < -0.39 is 12.1 Å². The number of hydrogen-bond donors (Lipinski definition) is 4. The fraction of sp³-hybridized carbons (Fsp3) is 0.583. The molecule has 4 rings (SSSR count). The van der Waals surface area contributed by atoms with Gasteiger partial charge in [-0.05, 0) is 60.0 Å². The number of aliphatic imine (C=N–C) groups is 1. The van der Waals surface area contributed by atoms with Gasteiger partial charge < -0.3 is 21.3 Å². The number of nitrogens with two attached hydrogens (primary N) is 1. The molecule has 0 aromatic heterocycles. The summed E-state index contributed by atoms with van der Waals surface area (Å²) in [5.41, 5.74) is 7.98. The van der Waals surface area contributed by atoms with Crippen molar-refractivity contribution in [2.45, 2.75) is 45.6 Å². The quantitative estimate of drug-likeness (QED) is 0.440. The largest absolute Gasteiger partial charge is 0.478 e. The van der Waals surface area contributed by atoms with Gasteiger partial charge >= 0.3 is 5.97 Å². The Labute approximate surface area is 178 Å². The lowest BCUT2D eigenvalue weighted by Gasteiger charge is -2.56. The molecule has 6 heteroatoms. The molecule has 0 saturated heterocycles. The smallest absolute Gasteiger partial charge is 0.334 e. The highest BCUT2D eigenvalue weighted by Gasteiger charge is 2.70. The van der Waals surface area contributed by atoms with Crippen LogP contribution >= 0.6 is 0 Å². The number of rotatable bonds is 5. The molecule has 2 saturated carbocycles. The summed E-state index contributed by atoms with van der Waals surface area (Å²) >= 11 is 0. The fourth-order valence-corrected chi connectivity index (χ4v) is 7.24. The second kappa shape index (κ2) is 7.41. The van der Waals surface area contributed by atoms with Crippen molar-refractivity contribution < 1.29 is 15.0 Å². The van der Waals surface area contributed by atoms with Crippen LogP contribution in [-0.2, 0) is 11.2 Å². The number of carboxylic acid groups (broad SMARTS) is 1. The lowest BCUT2D eigenvalue weighted by molar-refractivity contribution is -0.133. The van der Waals surface area contributed by atoms with E-state index in [4.69, 9.17) is 5.73 Å². The van der Waals surface area contributed by atoms with E-state index in [0.29, 0.717) is 30.8 Å². The summed E-state index contributed by atoms with van der Waals surface area (Å²) in [6, 6.07) is 10.5. The Morgan fingerprint density at radius 3 is 2.67 bits per heavy atom. The number of hydrogen-bond acceptors (Lipinski definition) is 3. The molecule has 0 radical (unpaired) electrons. The Morgan fingerprint density at radius 1 is 1.33 bits per heavy atom. The van der Waals surface area contributed by atoms with Crippen molar-refractivity contribution >= 4 is 11.9 Å². The number of nitrogens with zero attached hydrogens (tertiary/aromatic N) is 1. The van der Waals surface area contributed by atoms with Crippen LogP contribution in [0, 0.1) is 28.6 Å². The van der Waals surface area contributed by atoms with E-state index in [9.17, 15) is 15.0 Å². The number of fused-ring (bicyclic) bond motifs is 1. The molecule has 3 aliphatic rings. The highest BCUT2D eigenvalue weighted by Crippen LogP contribution is 2.74. The van der Waals surface area contributed by atoms with Crippen molar-refractivity contribution in [2.24, 2.45) is 39.3 Å². The van der Waals surface area contributed by atoms with Crippen LogP contribution in [0.2, 0.25) is 0 Å². The summed E-state index contributed by atoms with van der Waals surface area (Å²) in [4.78, 5) is 16.1. The van der Waals surface area contributed by atoms with Crippen molar-refractivity contribution in [3.05, 3.63) is 47.0 Å². The van der Waals surface area contributed by atoms with Gasteiger partial charge in [0, 0.05) is 19.0 Å². The number of aliphatic carboxylic acids is 1. The predicted molar refractivity (Wildman–Crippen MR) is 117 cm³/mol. The van der Waals surface area contributed by atoms with Gasteiger partial charge in [-0.2, -0.15) is 0 Å². The molecule has 6 unspecified atom stereocenters. The van der Waals surface area contributed by atoms with Gasteiger partial charge in [-0.15, -0.1) is 0 Å². The van der Waals surface area contributed by atoms with Crippen molar-refractivity contribution in [1.82, 2.24) is 5.32 Å². The summed E-state index contributed by atoms with van der Waals surface area (Å²) < 4.78 is 0. The van der Waals surface area contributed by atoms with E-state index in [1.165, 1.54) is 5.56 Å². The van der Waals surface area contributed by atoms with Gasteiger partial charge in [0.25, 0.3) is 0 Å². The van der Waals surface area contributed by atoms with Crippen molar-refractivity contribution in [3.8, 4) is 0 Å². The van der Waals surface area contributed by atoms with Crippen LogP contribution < -0.4 is 11.1 Å². The predicted octanol–water partition coefficient (Wildman–Crippen LogP) is 2.58. The van der Waals surface area contributed by atoms with Crippen LogP contribution in [0.1, 0.15) is 38.7 Å². The van der Waals surface area contributed by atoms with Gasteiger partial charge in [-0.3, -0.25) is 4.99 Å². The maximum Gasteiger partial charge on any atom is 0.334 e. The maximum atomic E-state index is 12.1. The topological polar surface area (TPSA) is 108 Å². The molecule has 3 aliphatic carbocycles. The number of nitrogens with one attached hydrogen (secondary N) is 1. The molecule has 162 valence electrons. The normalized spacial score (nSPS) is 37.9. The van der Waals surface area contributed by atoms with Gasteiger partial charge in [-0.25, -0.2) is 4.79 Å². The average Bonchev–Trinajstić information content (AvgIpc) is 3.10. The van der Waals surface area contributed by atoms with Crippen LogP contribution in [-0.4, -0.2) is 41.8 Å². The van der Waals surface area contributed by atoms with Crippen molar-refractivity contribution in [1.29, 1.82) is 0 Å². The standard InChI is InChI=1S/C24H33N3O3/c1-14-9-16(10-15-7-5-4-6-8-15)17-11-18-20(21(29)30)19(28)12-24(14,18)23(17,2)13-27-22(25)26-3/h4-8,14,16-17,19,28H,9-13H2,1-3H3,(H,29,30)(H3,25,26,27). The fourth-order valence-electron chi connectivity index (χ4n) is 7.24. The van der Waals surface area contributed by atoms with Gasteiger partial charge in [0.05, 0.1) is 11.7 Å². The first kappa shape index (κ1) is 20.9. The van der Waals surface area contributed by atoms with Gasteiger partial charge in [0.2, 0.25) is 0 Å². The third-order valence-electron chi connectivity index (χ3n) is 8.49. The molecule has 1 aromatic carbocycles. The van der Waals surface area contributed by atoms with Crippen LogP contribution in [0.3, 0.4) is 0 Å². The van der Waals surface area contributed by atoms with E-state index >= 15 is 0 Å². The number of carbonyl (C=O) groups is 1. The molecule has 2 fully saturated rings. The molecule has 5 N–H and O–H groups in total. The SMILES string of the molecule is CN=C(N)NCC1(C)C2CC3=C(C(=O)O)C(O)CC31C(C)CC2Cc1ccccc1. The number of benzene rings is 1. The van der Waals surface area contributed by atoms with Crippen LogP contribution in [0.4, 0.5) is 0 Å². The first-order valence-corrected chi connectivity index (χ1v) is 10.9. The second-order valence-corrected chi connectivity index (χ2v) is 9.67. The van der Waals surface area contributed by atoms with Crippen molar-refractivity contribution in [2.75, 3.05) is 13.6 Å². The lowest BCUT2D eigenvalue weighted by Crippen LogP contribution is -2.56. The Kier molecular flexibility index (Phi) is 5.17. The monoisotopic (exact) mass is 411 g/mol. The molecule has 0 heterocycles. The number of aliphatic hydroxyl groups excluding tert-OH is 1. The molecule has 6 atom stereocenters. The summed E-state index contributed by atoms with van der Waals surface area (Å²) in [7, 11) is 1.66. The van der Waals surface area contributed by atoms with Crippen LogP contribution in [0.5, 0.6) is 0 Å². The summed E-state index contributed by atoms with van der Waals surface area (Å²) in [6.45, 7) is 5.14. The summed E-state index contributed by atoms with van der Waals surface area (Å²) in [5.74, 6) is 0.469. The van der Waals surface area contributed by atoms with Crippen molar-refractivity contribution in [3.63, 3.8) is 0 Å². The summed E-state index contributed by atoms with van der Waals surface area (Å²) in [5, 5.41) is 23.9. The Balaban J connectivity index is 1.79. The zero-order chi connectivity index (χ0) is 21.7. The van der Waals surface area contributed by atoms with Gasteiger partial charge in [0.15, 0.2) is 5.96 Å². The maximum absolute atomic E-state index is 12.1. The minimum Gasteiger partial charge on any atom is -0.478 e. The van der Waals surface area contributed by atoms with E-state index in [0.717, 1.165) is 24.8 Å². The number of guanidine groups is 1. The van der Waals surface area contributed by atoms with E-state index in [1.54, 1.807) is 7.05 Å². The molecule has 0 aliphatic heterocycles. The molecule has 2 bridgehead atoms. The highest BCUT2D eigenvalue weighted by atomic mass is 16.4. The molecule has 6 nitrogen and oxygen atoms in total. The Morgan fingerprint density at radius 2 is 2.03 bits per heavy atom. The van der Waals surface area contributed by atoms with Crippen LogP contribution in [0.25, 0.3) is 0 Å². The van der Waals surface area contributed by atoms with E-state index in [1.807, 2.05) is 6.07 Å². The number of allylic oxidation sites excluding steroid dienone is 1. The van der Waals surface area contributed by atoms with Gasteiger partial charge in [0.1, 0.15) is 0 Å². The Hall–Kier alpha value is -2.34. The first-order valence-electron chi connectivity index (χ1n) is 10.9. The molecule has 30 heavy (non-hydrogen) atoms. The first-order chi connectivity index (χ1) is 14.2. The number of carboxylic acids is 1. The third-order valence-corrected chi connectivity index (χ3v) is 8.49. The van der Waals surface area contributed by atoms with E-state index in [2.05, 4.69) is 48.4 Å². The Bertz CT molecular complexity index is 896. The lowest BCUT2D eigenvalue weighted by atomic mass is 9.49. The number of aliphatic hydroxyl groups is 1. The average molecular weight is 412 g/mol. The van der Waals surface area contributed by atoms with Crippen LogP contribution in [0.15, 0.2) is 46.5 Å². The molecule has 1 spiro atoms.